The number of nitrogens with zero attached hydrogens (tertiary/aromatic N) is 1. The molecular formula is C120H95BrN2O2. The van der Waals surface area contributed by atoms with Crippen LogP contribution < -0.4 is 19.7 Å². The van der Waals surface area contributed by atoms with Crippen molar-refractivity contribution in [2.75, 3.05) is 10.2 Å². The third-order valence-corrected chi connectivity index (χ3v) is 26.8. The second-order valence-electron chi connectivity index (χ2n) is 35.3. The molecule has 0 bridgehead atoms. The minimum atomic E-state index is -0.180. The van der Waals surface area contributed by atoms with E-state index in [1.54, 1.807) is 0 Å². The molecule has 0 fully saturated rings. The lowest BCUT2D eigenvalue weighted by Crippen LogP contribution is -2.24. The SMILES string of the molecule is Brc1ccc(-c2ccc(-c3ccccc3)cc2)cc1.CC1(C)c2ccccc2-c2ccc(-c3ccc(N(c4ccc(-c5ccc(-c6ccccc6)cc5)cc4)c4ccc(-c5cccc6c5Oc5ccccc5C6(C)C)cc4)cc3)cc21.CC1(C)c2ccccc2-c2ccc(-c3ccc(Nc4ccc(-c5cccc6c5Oc5ccccc5C6(C)C)cc4)cc3)cc21. The van der Waals surface area contributed by atoms with Crippen molar-refractivity contribution < 1.29 is 9.47 Å². The number of anilines is 5. The maximum atomic E-state index is 6.68. The summed E-state index contributed by atoms with van der Waals surface area (Å²) in [6.45, 7) is 18.5. The first kappa shape index (κ1) is 79.1. The van der Waals surface area contributed by atoms with E-state index in [9.17, 15) is 0 Å². The van der Waals surface area contributed by atoms with Gasteiger partial charge in [-0.1, -0.05) is 399 Å². The molecule has 125 heavy (non-hydrogen) atoms. The molecule has 5 heteroatoms. The van der Waals surface area contributed by atoms with Gasteiger partial charge in [-0.2, -0.15) is 0 Å². The van der Waals surface area contributed by atoms with Crippen molar-refractivity contribution in [3.8, 4) is 134 Å². The van der Waals surface area contributed by atoms with Crippen LogP contribution in [0.5, 0.6) is 23.0 Å². The summed E-state index contributed by atoms with van der Waals surface area (Å²) in [5, 5.41) is 3.59. The predicted octanol–water partition coefficient (Wildman–Crippen LogP) is 33.8. The second-order valence-corrected chi connectivity index (χ2v) is 36.2. The van der Waals surface area contributed by atoms with Crippen LogP contribution in [0.25, 0.3) is 111 Å². The Balaban J connectivity index is 0.000000135. The molecule has 1 N–H and O–H groups in total. The van der Waals surface area contributed by atoms with Gasteiger partial charge in [-0.3, -0.25) is 0 Å². The van der Waals surface area contributed by atoms with Crippen molar-refractivity contribution in [2.45, 2.75) is 77.0 Å². The zero-order chi connectivity index (χ0) is 85.1. The molecular weight excluding hydrogens is 1580 g/mol. The van der Waals surface area contributed by atoms with Crippen molar-refractivity contribution in [3.63, 3.8) is 0 Å². The molecule has 0 radical (unpaired) electrons. The summed E-state index contributed by atoms with van der Waals surface area (Å²) in [6.07, 6.45) is 0. The Morgan fingerprint density at radius 3 is 0.824 bits per heavy atom. The van der Waals surface area contributed by atoms with Gasteiger partial charge in [0.25, 0.3) is 0 Å². The summed E-state index contributed by atoms with van der Waals surface area (Å²) in [7, 11) is 0. The van der Waals surface area contributed by atoms with Crippen molar-refractivity contribution in [1.29, 1.82) is 0 Å². The van der Waals surface area contributed by atoms with Gasteiger partial charge in [0, 0.05) is 88.0 Å². The fraction of sp³-hybridized carbons (Fsp3) is 0.100. The highest BCUT2D eigenvalue weighted by atomic mass is 79.9. The Morgan fingerprint density at radius 2 is 0.448 bits per heavy atom. The van der Waals surface area contributed by atoms with Crippen LogP contribution in [0.4, 0.5) is 28.4 Å². The van der Waals surface area contributed by atoms with Gasteiger partial charge in [0.2, 0.25) is 0 Å². The number of para-hydroxylation sites is 4. The largest absolute Gasteiger partial charge is 0.456 e. The highest BCUT2D eigenvalue weighted by Crippen LogP contribution is 2.56. The van der Waals surface area contributed by atoms with E-state index in [4.69, 9.17) is 9.47 Å². The van der Waals surface area contributed by atoms with Crippen LogP contribution in [0.1, 0.15) is 99.9 Å². The van der Waals surface area contributed by atoms with Gasteiger partial charge in [-0.05, 0) is 219 Å². The topological polar surface area (TPSA) is 33.7 Å². The van der Waals surface area contributed by atoms with Gasteiger partial charge in [-0.25, -0.2) is 0 Å². The number of ether oxygens (including phenoxy) is 2. The smallest absolute Gasteiger partial charge is 0.139 e. The third kappa shape index (κ3) is 14.9. The Kier molecular flexibility index (Phi) is 20.6. The highest BCUT2D eigenvalue weighted by Gasteiger charge is 2.40. The molecule has 0 unspecified atom stereocenters. The Hall–Kier alpha value is -14.4. The van der Waals surface area contributed by atoms with E-state index in [0.717, 1.165) is 78.2 Å². The number of fused-ring (bicyclic) bond motifs is 10. The summed E-state index contributed by atoms with van der Waals surface area (Å²) in [5.41, 5.74) is 40.0. The molecule has 604 valence electrons. The van der Waals surface area contributed by atoms with Gasteiger partial charge in [0.1, 0.15) is 23.0 Å². The van der Waals surface area contributed by atoms with E-state index in [0.29, 0.717) is 0 Å². The van der Waals surface area contributed by atoms with Crippen LogP contribution in [0.15, 0.2) is 429 Å². The molecule has 2 aliphatic carbocycles. The van der Waals surface area contributed by atoms with Crippen LogP contribution in [0, 0.1) is 0 Å². The standard InChI is InChI=1S/C60H47NO.C42H35NO.C18H13Br/c1-59(2)53-17-9-8-15-51(53)52-38-31-46(39-56(52)59)44-27-34-48(35-28-44)61(47-32-25-43(26-33-47)42-23-21-41(22-24-42)40-13-6-5-7-14-40)49-36-29-45(30-37-49)50-16-12-19-55-58(50)62-57-20-11-10-18-54(57)60(55,3)4;1-41(2)35-12-6-5-10-33(35)34-25-20-29(26-38(34)41)27-16-21-30(22-17-27)43-31-23-18-28(19-24-31)32-11-9-14-37-40(32)44-39-15-8-7-13-36(39)42(37,3)4;19-18-12-10-17(11-13-18)16-8-6-15(7-9-16)14-4-2-1-3-5-14/h5-39H,1-4H3;5-26,43H,1-4H3;1-13H. The van der Waals surface area contributed by atoms with Gasteiger partial charge < -0.3 is 19.7 Å². The first-order valence-electron chi connectivity index (χ1n) is 43.3. The number of halogens is 1. The van der Waals surface area contributed by atoms with Crippen LogP contribution in [0.2, 0.25) is 0 Å². The Bertz CT molecular complexity index is 7030. The maximum Gasteiger partial charge on any atom is 0.139 e. The molecule has 0 saturated carbocycles. The molecule has 2 aliphatic heterocycles. The van der Waals surface area contributed by atoms with E-state index >= 15 is 0 Å². The van der Waals surface area contributed by atoms with Crippen LogP contribution in [-0.4, -0.2) is 0 Å². The van der Waals surface area contributed by atoms with Crippen LogP contribution >= 0.6 is 15.9 Å². The number of benzene rings is 18. The fourth-order valence-corrected chi connectivity index (χ4v) is 19.5. The highest BCUT2D eigenvalue weighted by molar-refractivity contribution is 9.10. The molecule has 18 aromatic carbocycles. The summed E-state index contributed by atoms with van der Waals surface area (Å²) in [6, 6.07) is 153. The zero-order valence-corrected chi connectivity index (χ0v) is 73.1. The van der Waals surface area contributed by atoms with Gasteiger partial charge in [0.05, 0.1) is 0 Å². The molecule has 0 aromatic heterocycles. The molecule has 4 aliphatic rings. The van der Waals surface area contributed by atoms with E-state index in [1.165, 1.54) is 134 Å². The molecule has 0 atom stereocenters. The van der Waals surface area contributed by atoms with Crippen LogP contribution in [-0.2, 0) is 21.7 Å². The Morgan fingerprint density at radius 1 is 0.200 bits per heavy atom. The van der Waals surface area contributed by atoms with E-state index in [2.05, 4.69) is 494 Å². The molecule has 0 saturated heterocycles. The average Bonchev–Trinajstić information content (AvgIpc) is 1.30. The van der Waals surface area contributed by atoms with Crippen molar-refractivity contribution in [1.82, 2.24) is 0 Å². The molecule has 18 aromatic rings. The minimum Gasteiger partial charge on any atom is -0.456 e. The van der Waals surface area contributed by atoms with E-state index in [-0.39, 0.29) is 21.7 Å². The molecule has 0 amide bonds. The molecule has 2 heterocycles. The fourth-order valence-electron chi connectivity index (χ4n) is 19.3. The quantitative estimate of drug-likeness (QED) is 0.125. The number of hydrogen-bond donors (Lipinski definition) is 1. The van der Waals surface area contributed by atoms with Gasteiger partial charge >= 0.3 is 0 Å². The van der Waals surface area contributed by atoms with Gasteiger partial charge in [0.15, 0.2) is 0 Å². The predicted molar refractivity (Wildman–Crippen MR) is 527 cm³/mol. The zero-order valence-electron chi connectivity index (χ0n) is 71.6. The normalized spacial score (nSPS) is 13.7. The summed E-state index contributed by atoms with van der Waals surface area (Å²) >= 11 is 3.46. The summed E-state index contributed by atoms with van der Waals surface area (Å²) in [5.74, 6) is 3.75. The monoisotopic (exact) mass is 1670 g/mol. The second kappa shape index (κ2) is 32.5. The van der Waals surface area contributed by atoms with Crippen LogP contribution in [0.3, 0.4) is 0 Å². The Labute approximate surface area is 743 Å². The van der Waals surface area contributed by atoms with Crippen molar-refractivity contribution >= 4 is 44.4 Å². The van der Waals surface area contributed by atoms with Crippen molar-refractivity contribution in [3.05, 3.63) is 474 Å². The number of rotatable bonds is 13. The first-order chi connectivity index (χ1) is 60.9. The average molecular weight is 1680 g/mol. The minimum absolute atomic E-state index is 0.00145. The molecule has 4 nitrogen and oxygen atoms in total. The number of nitrogens with one attached hydrogen (secondary N) is 1. The first-order valence-corrected chi connectivity index (χ1v) is 44.1. The maximum absolute atomic E-state index is 6.68. The molecule has 22 rings (SSSR count). The van der Waals surface area contributed by atoms with E-state index in [1.807, 2.05) is 12.1 Å². The van der Waals surface area contributed by atoms with Crippen molar-refractivity contribution in [2.24, 2.45) is 0 Å². The van der Waals surface area contributed by atoms with Gasteiger partial charge in [-0.15, -0.1) is 0 Å². The van der Waals surface area contributed by atoms with E-state index < -0.39 is 0 Å². The lowest BCUT2D eigenvalue weighted by Gasteiger charge is -2.35. The number of hydrogen-bond acceptors (Lipinski definition) is 4. The third-order valence-electron chi connectivity index (χ3n) is 26.3. The molecule has 0 spiro atoms. The summed E-state index contributed by atoms with van der Waals surface area (Å²) in [4.78, 5) is 2.36. The summed E-state index contributed by atoms with van der Waals surface area (Å²) < 4.78 is 14.3. The lowest BCUT2D eigenvalue weighted by molar-refractivity contribution is 0.419. The lowest BCUT2D eigenvalue weighted by atomic mass is 9.75.